The monoisotopic (exact) mass is 264 g/mol. The zero-order valence-electron chi connectivity index (χ0n) is 11.9. The maximum atomic E-state index is 11.7. The second-order valence-corrected chi connectivity index (χ2v) is 4.42. The molecule has 0 unspecified atom stereocenters. The Balaban J connectivity index is 2.49. The van der Waals surface area contributed by atoms with E-state index in [0.717, 1.165) is 37.2 Å². The Bertz CT molecular complexity index is 380. The molecule has 19 heavy (non-hydrogen) atoms. The summed E-state index contributed by atoms with van der Waals surface area (Å²) in [5.41, 5.74) is 0.738. The average Bonchev–Trinajstić information content (AvgIpc) is 2.41. The smallest absolute Gasteiger partial charge is 0.238 e. The molecule has 0 heterocycles. The summed E-state index contributed by atoms with van der Waals surface area (Å²) in [5.74, 6) is 0.694. The molecule has 0 aliphatic heterocycles. The van der Waals surface area contributed by atoms with Gasteiger partial charge in [0.25, 0.3) is 0 Å². The molecule has 0 saturated heterocycles. The van der Waals surface area contributed by atoms with Crippen molar-refractivity contribution in [3.05, 3.63) is 24.3 Å². The second-order valence-electron chi connectivity index (χ2n) is 4.42. The van der Waals surface area contributed by atoms with Gasteiger partial charge in [0, 0.05) is 0 Å². The van der Waals surface area contributed by atoms with Gasteiger partial charge >= 0.3 is 0 Å². The summed E-state index contributed by atoms with van der Waals surface area (Å²) < 4.78 is 5.67. The summed E-state index contributed by atoms with van der Waals surface area (Å²) >= 11 is 0. The van der Waals surface area contributed by atoms with Crippen LogP contribution in [-0.2, 0) is 4.79 Å². The number of unbranched alkanes of at least 4 members (excludes halogenated alkanes) is 1. The zero-order valence-corrected chi connectivity index (χ0v) is 11.9. The van der Waals surface area contributed by atoms with E-state index < -0.39 is 0 Å². The lowest BCUT2D eigenvalue weighted by Gasteiger charge is -2.12. The van der Waals surface area contributed by atoms with E-state index in [1.165, 1.54) is 0 Å². The highest BCUT2D eigenvalue weighted by Crippen LogP contribution is 2.23. The molecular formula is C15H24N2O2. The van der Waals surface area contributed by atoms with Crippen molar-refractivity contribution in [3.63, 3.8) is 0 Å². The summed E-state index contributed by atoms with van der Waals surface area (Å²) in [4.78, 5) is 11.7. The van der Waals surface area contributed by atoms with E-state index in [-0.39, 0.29) is 5.91 Å². The molecule has 0 spiro atoms. The number of hydrogen-bond acceptors (Lipinski definition) is 3. The highest BCUT2D eigenvalue weighted by molar-refractivity contribution is 5.93. The summed E-state index contributed by atoms with van der Waals surface area (Å²) in [7, 11) is 0. The largest absolute Gasteiger partial charge is 0.491 e. The molecule has 0 aliphatic rings. The predicted octanol–water partition coefficient (Wildman–Crippen LogP) is 2.80. The fraction of sp³-hybridized carbons (Fsp3) is 0.533. The van der Waals surface area contributed by atoms with Gasteiger partial charge in [-0.2, -0.15) is 0 Å². The third kappa shape index (κ3) is 6.25. The van der Waals surface area contributed by atoms with E-state index in [1.807, 2.05) is 24.3 Å². The van der Waals surface area contributed by atoms with Gasteiger partial charge in [0.05, 0.1) is 18.8 Å². The third-order valence-corrected chi connectivity index (χ3v) is 2.63. The normalized spacial score (nSPS) is 10.2. The molecule has 1 amide bonds. The maximum absolute atomic E-state index is 11.7. The van der Waals surface area contributed by atoms with Gasteiger partial charge in [0.1, 0.15) is 5.75 Å². The number of nitrogens with one attached hydrogen (secondary N) is 2. The number of ether oxygens (including phenoxy) is 1. The number of carbonyl (C=O) groups excluding carboxylic acids is 1. The van der Waals surface area contributed by atoms with E-state index in [9.17, 15) is 4.79 Å². The van der Waals surface area contributed by atoms with Crippen molar-refractivity contribution in [2.75, 3.05) is 25.0 Å². The standard InChI is InChI=1S/C15H24N2O2/c1-3-5-11-19-14-9-7-6-8-13(14)17-15(18)12-16-10-4-2/h6-9,16H,3-5,10-12H2,1-2H3,(H,17,18). The summed E-state index contributed by atoms with van der Waals surface area (Å²) in [6.07, 6.45) is 3.12. The highest BCUT2D eigenvalue weighted by Gasteiger charge is 2.06. The molecule has 106 valence electrons. The van der Waals surface area contributed by atoms with Crippen LogP contribution in [-0.4, -0.2) is 25.6 Å². The van der Waals surface area contributed by atoms with Gasteiger partial charge in [0.2, 0.25) is 5.91 Å². The summed E-state index contributed by atoms with van der Waals surface area (Å²) in [5, 5.41) is 5.94. The quantitative estimate of drug-likeness (QED) is 0.674. The first-order valence-electron chi connectivity index (χ1n) is 7.00. The van der Waals surface area contributed by atoms with Crippen LogP contribution in [0.4, 0.5) is 5.69 Å². The molecule has 1 aromatic rings. The Kier molecular flexibility index (Phi) is 7.66. The molecule has 0 atom stereocenters. The minimum Gasteiger partial charge on any atom is -0.491 e. The lowest BCUT2D eigenvalue weighted by molar-refractivity contribution is -0.115. The van der Waals surface area contributed by atoms with Crippen molar-refractivity contribution in [2.45, 2.75) is 33.1 Å². The van der Waals surface area contributed by atoms with E-state index in [2.05, 4.69) is 24.5 Å². The number of para-hydroxylation sites is 2. The Morgan fingerprint density at radius 1 is 1.21 bits per heavy atom. The molecule has 0 fully saturated rings. The number of rotatable bonds is 9. The number of benzene rings is 1. The van der Waals surface area contributed by atoms with Gasteiger partial charge in [-0.1, -0.05) is 32.4 Å². The molecule has 0 radical (unpaired) electrons. The van der Waals surface area contributed by atoms with Crippen molar-refractivity contribution in [1.82, 2.24) is 5.32 Å². The Morgan fingerprint density at radius 3 is 2.74 bits per heavy atom. The molecule has 0 bridgehead atoms. The number of hydrogen-bond donors (Lipinski definition) is 2. The molecule has 0 aliphatic carbocycles. The van der Waals surface area contributed by atoms with E-state index in [0.29, 0.717) is 13.2 Å². The first-order valence-corrected chi connectivity index (χ1v) is 7.00. The van der Waals surface area contributed by atoms with Crippen LogP contribution in [0, 0.1) is 0 Å². The maximum Gasteiger partial charge on any atom is 0.238 e. The van der Waals surface area contributed by atoms with Crippen LogP contribution in [0.25, 0.3) is 0 Å². The fourth-order valence-corrected chi connectivity index (χ4v) is 1.60. The van der Waals surface area contributed by atoms with Gasteiger partial charge in [-0.3, -0.25) is 4.79 Å². The van der Waals surface area contributed by atoms with E-state index in [4.69, 9.17) is 4.74 Å². The minimum absolute atomic E-state index is 0.0417. The van der Waals surface area contributed by atoms with Crippen molar-refractivity contribution < 1.29 is 9.53 Å². The first-order chi connectivity index (χ1) is 9.27. The summed E-state index contributed by atoms with van der Waals surface area (Å²) in [6.45, 7) is 6.05. The molecule has 1 aromatic carbocycles. The van der Waals surface area contributed by atoms with Crippen LogP contribution >= 0.6 is 0 Å². The van der Waals surface area contributed by atoms with Crippen molar-refractivity contribution in [1.29, 1.82) is 0 Å². The zero-order chi connectivity index (χ0) is 13.9. The molecule has 0 aromatic heterocycles. The number of carbonyl (C=O) groups is 1. The highest BCUT2D eigenvalue weighted by atomic mass is 16.5. The lowest BCUT2D eigenvalue weighted by atomic mass is 10.3. The molecule has 1 rings (SSSR count). The van der Waals surface area contributed by atoms with Crippen molar-refractivity contribution >= 4 is 11.6 Å². The van der Waals surface area contributed by atoms with E-state index >= 15 is 0 Å². The molecular weight excluding hydrogens is 240 g/mol. The van der Waals surface area contributed by atoms with Crippen molar-refractivity contribution in [3.8, 4) is 5.75 Å². The molecule has 4 heteroatoms. The predicted molar refractivity (Wildman–Crippen MR) is 78.6 cm³/mol. The van der Waals surface area contributed by atoms with Gasteiger partial charge in [-0.05, 0) is 31.5 Å². The third-order valence-electron chi connectivity index (χ3n) is 2.63. The van der Waals surface area contributed by atoms with Gasteiger partial charge in [-0.15, -0.1) is 0 Å². The Hall–Kier alpha value is -1.55. The molecule has 2 N–H and O–H groups in total. The van der Waals surface area contributed by atoms with Crippen LogP contribution in [0.1, 0.15) is 33.1 Å². The van der Waals surface area contributed by atoms with Crippen molar-refractivity contribution in [2.24, 2.45) is 0 Å². The van der Waals surface area contributed by atoms with Crippen LogP contribution in [0.5, 0.6) is 5.75 Å². The summed E-state index contributed by atoms with van der Waals surface area (Å²) in [6, 6.07) is 7.54. The first kappa shape index (κ1) is 15.5. The van der Waals surface area contributed by atoms with E-state index in [1.54, 1.807) is 0 Å². The van der Waals surface area contributed by atoms with Gasteiger partial charge < -0.3 is 15.4 Å². The van der Waals surface area contributed by atoms with Crippen LogP contribution in [0.2, 0.25) is 0 Å². The number of amides is 1. The fourth-order valence-electron chi connectivity index (χ4n) is 1.60. The van der Waals surface area contributed by atoms with Crippen LogP contribution < -0.4 is 15.4 Å². The molecule has 4 nitrogen and oxygen atoms in total. The topological polar surface area (TPSA) is 50.4 Å². The average molecular weight is 264 g/mol. The molecule has 0 saturated carbocycles. The lowest BCUT2D eigenvalue weighted by Crippen LogP contribution is -2.28. The van der Waals surface area contributed by atoms with Crippen LogP contribution in [0.3, 0.4) is 0 Å². The SMILES string of the molecule is CCCCOc1ccccc1NC(=O)CNCCC. The van der Waals surface area contributed by atoms with Gasteiger partial charge in [-0.25, -0.2) is 0 Å². The van der Waals surface area contributed by atoms with Gasteiger partial charge in [0.15, 0.2) is 0 Å². The number of anilines is 1. The minimum atomic E-state index is -0.0417. The second kappa shape index (κ2) is 9.39. The Morgan fingerprint density at radius 2 is 2.00 bits per heavy atom. The Labute approximate surface area is 115 Å². The van der Waals surface area contributed by atoms with Crippen LogP contribution in [0.15, 0.2) is 24.3 Å².